The minimum absolute atomic E-state index is 0.0581. The summed E-state index contributed by atoms with van der Waals surface area (Å²) in [5, 5.41) is 0. The Labute approximate surface area is 200 Å². The topological polar surface area (TPSA) is 84.9 Å². The molecule has 1 N–H and O–H groups in total. The van der Waals surface area contributed by atoms with Crippen LogP contribution in [0.5, 0.6) is 11.5 Å². The lowest BCUT2D eigenvalue weighted by atomic mass is 9.98. The maximum Gasteiger partial charge on any atom is 0.255 e. The zero-order valence-corrected chi connectivity index (χ0v) is 21.4. The average molecular weight is 493 g/mol. The smallest absolute Gasteiger partial charge is 0.255 e. The van der Waals surface area contributed by atoms with Crippen molar-refractivity contribution >= 4 is 27.7 Å². The molecule has 1 amide bonds. The van der Waals surface area contributed by atoms with E-state index in [1.165, 1.54) is 24.9 Å². The summed E-state index contributed by atoms with van der Waals surface area (Å²) >= 11 is 1.43. The Morgan fingerprint density at radius 1 is 1.12 bits per heavy atom. The molecule has 0 aliphatic carbocycles. The van der Waals surface area contributed by atoms with E-state index in [0.29, 0.717) is 41.6 Å². The van der Waals surface area contributed by atoms with Crippen LogP contribution in [0.3, 0.4) is 0 Å². The van der Waals surface area contributed by atoms with Gasteiger partial charge in [0, 0.05) is 29.6 Å². The van der Waals surface area contributed by atoms with Crippen LogP contribution in [-0.4, -0.2) is 52.8 Å². The van der Waals surface area contributed by atoms with E-state index in [0.717, 1.165) is 17.7 Å². The van der Waals surface area contributed by atoms with Gasteiger partial charge in [-0.2, -0.15) is 0 Å². The summed E-state index contributed by atoms with van der Waals surface area (Å²) in [7, 11) is -0.814. The quantitative estimate of drug-likeness (QED) is 0.552. The number of rotatable bonds is 8. The molecule has 1 fully saturated rings. The van der Waals surface area contributed by atoms with E-state index in [1.807, 2.05) is 11.2 Å². The van der Waals surface area contributed by atoms with Gasteiger partial charge in [-0.05, 0) is 68.3 Å². The molecule has 7 nitrogen and oxygen atoms in total. The summed E-state index contributed by atoms with van der Waals surface area (Å²) in [6.45, 7) is 5.31. The molecule has 0 radical (unpaired) electrons. The van der Waals surface area contributed by atoms with E-state index in [9.17, 15) is 13.2 Å². The van der Waals surface area contributed by atoms with Gasteiger partial charge in [0.15, 0.2) is 0 Å². The number of hydrogen-bond acceptors (Lipinski definition) is 6. The Kier molecular flexibility index (Phi) is 8.31. The first kappa shape index (κ1) is 25.4. The number of carbonyl (C=O) groups excluding carboxylic acids is 1. The van der Waals surface area contributed by atoms with Crippen LogP contribution in [0.15, 0.2) is 46.2 Å². The fourth-order valence-corrected chi connectivity index (χ4v) is 5.76. The maximum absolute atomic E-state index is 13.2. The first-order valence-corrected chi connectivity index (χ1v) is 13.6. The molecule has 2 aromatic carbocycles. The zero-order valence-electron chi connectivity index (χ0n) is 19.8. The molecule has 1 heterocycles. The van der Waals surface area contributed by atoms with Gasteiger partial charge in [-0.3, -0.25) is 4.79 Å². The van der Waals surface area contributed by atoms with Crippen molar-refractivity contribution in [2.24, 2.45) is 5.92 Å². The number of piperidine rings is 1. The van der Waals surface area contributed by atoms with Crippen LogP contribution in [0, 0.1) is 5.92 Å². The second-order valence-corrected chi connectivity index (χ2v) is 10.8. The van der Waals surface area contributed by atoms with Crippen molar-refractivity contribution in [3.8, 4) is 11.5 Å². The van der Waals surface area contributed by atoms with Gasteiger partial charge in [-0.1, -0.05) is 6.92 Å². The van der Waals surface area contributed by atoms with E-state index >= 15 is 0 Å². The number of thioether (sulfide) groups is 1. The number of amides is 1. The number of hydrogen-bond donors (Lipinski definition) is 1. The van der Waals surface area contributed by atoms with Crippen molar-refractivity contribution in [3.05, 3.63) is 47.5 Å². The number of benzene rings is 2. The van der Waals surface area contributed by atoms with Gasteiger partial charge in [0.05, 0.1) is 24.7 Å². The lowest BCUT2D eigenvalue weighted by Gasteiger charge is -2.31. The van der Waals surface area contributed by atoms with Gasteiger partial charge in [0.1, 0.15) is 11.5 Å². The Morgan fingerprint density at radius 3 is 2.42 bits per heavy atom. The molecule has 9 heteroatoms. The first-order valence-electron chi connectivity index (χ1n) is 10.9. The Bertz CT molecular complexity index is 1100. The van der Waals surface area contributed by atoms with Crippen molar-refractivity contribution in [1.29, 1.82) is 0 Å². The predicted octanol–water partition coefficient (Wildman–Crippen LogP) is 4.34. The van der Waals surface area contributed by atoms with Crippen molar-refractivity contribution < 1.29 is 22.7 Å². The normalized spacial score (nSPS) is 15.8. The molecule has 1 unspecified atom stereocenters. The van der Waals surface area contributed by atoms with E-state index in [-0.39, 0.29) is 10.8 Å². The molecule has 0 saturated carbocycles. The number of methoxy groups -OCH3 is 2. The summed E-state index contributed by atoms with van der Waals surface area (Å²) < 4.78 is 39.9. The fourth-order valence-electron chi connectivity index (χ4n) is 3.95. The molecule has 180 valence electrons. The molecule has 1 aliphatic heterocycles. The minimum atomic E-state index is -3.90. The van der Waals surface area contributed by atoms with Gasteiger partial charge >= 0.3 is 0 Å². The van der Waals surface area contributed by atoms with Gasteiger partial charge in [0.25, 0.3) is 5.91 Å². The number of ether oxygens (including phenoxy) is 2. The van der Waals surface area contributed by atoms with Crippen molar-refractivity contribution in [2.75, 3.05) is 33.6 Å². The molecule has 0 spiro atoms. The summed E-state index contributed by atoms with van der Waals surface area (Å²) in [5.41, 5.74) is 1.08. The summed E-state index contributed by atoms with van der Waals surface area (Å²) in [6, 6.07) is 9.39. The number of nitrogens with one attached hydrogen (secondary N) is 1. The maximum atomic E-state index is 13.2. The van der Waals surface area contributed by atoms with Gasteiger partial charge in [-0.25, -0.2) is 13.1 Å². The molecular formula is C24H32N2O5S2. The molecule has 1 saturated heterocycles. The van der Waals surface area contributed by atoms with E-state index < -0.39 is 16.1 Å². The number of sulfonamides is 1. The van der Waals surface area contributed by atoms with Gasteiger partial charge in [0.2, 0.25) is 10.0 Å². The fraction of sp³-hybridized carbons (Fsp3) is 0.458. The third-order valence-corrected chi connectivity index (χ3v) is 8.35. The SMILES string of the molecule is COc1ccc(OC)c(C(C)NS(=O)(=O)c2ccc(SC)c(C(=O)N3CCC(C)CC3)c2)c1. The molecule has 33 heavy (non-hydrogen) atoms. The Balaban J connectivity index is 1.89. The van der Waals surface area contributed by atoms with E-state index in [2.05, 4.69) is 11.6 Å². The highest BCUT2D eigenvalue weighted by Crippen LogP contribution is 2.31. The lowest BCUT2D eigenvalue weighted by molar-refractivity contribution is 0.0693. The third-order valence-electron chi connectivity index (χ3n) is 6.02. The second-order valence-electron chi connectivity index (χ2n) is 8.29. The van der Waals surface area contributed by atoms with Crippen molar-refractivity contribution in [3.63, 3.8) is 0 Å². The highest BCUT2D eigenvalue weighted by atomic mass is 32.2. The largest absolute Gasteiger partial charge is 0.497 e. The van der Waals surface area contributed by atoms with Gasteiger partial charge in [-0.15, -0.1) is 11.8 Å². The zero-order chi connectivity index (χ0) is 24.2. The molecular weight excluding hydrogens is 460 g/mol. The molecule has 1 aliphatic rings. The standard InChI is InChI=1S/C24H32N2O5S2/c1-16-10-12-26(13-11-16)24(27)21-15-19(7-9-23(21)32-5)33(28,29)25-17(2)20-14-18(30-3)6-8-22(20)31-4/h6-9,14-17,25H,10-13H2,1-5H3. The molecule has 0 aromatic heterocycles. The average Bonchev–Trinajstić information content (AvgIpc) is 2.82. The van der Waals surface area contributed by atoms with E-state index in [1.54, 1.807) is 44.4 Å². The molecule has 0 bridgehead atoms. The number of likely N-dealkylation sites (tertiary alicyclic amines) is 1. The minimum Gasteiger partial charge on any atom is -0.497 e. The summed E-state index contributed by atoms with van der Waals surface area (Å²) in [5.74, 6) is 1.63. The molecule has 2 aromatic rings. The highest BCUT2D eigenvalue weighted by Gasteiger charge is 2.27. The van der Waals surface area contributed by atoms with Crippen LogP contribution in [0.1, 0.15) is 48.7 Å². The highest BCUT2D eigenvalue weighted by molar-refractivity contribution is 7.98. The molecule has 3 rings (SSSR count). The number of nitrogens with zero attached hydrogens (tertiary/aromatic N) is 1. The Morgan fingerprint density at radius 2 is 1.82 bits per heavy atom. The van der Waals surface area contributed by atoms with Crippen LogP contribution in [0.25, 0.3) is 0 Å². The van der Waals surface area contributed by atoms with Crippen LogP contribution in [0.2, 0.25) is 0 Å². The first-order chi connectivity index (χ1) is 15.7. The second kappa shape index (κ2) is 10.8. The Hall–Kier alpha value is -2.23. The van der Waals surface area contributed by atoms with Gasteiger partial charge < -0.3 is 14.4 Å². The van der Waals surface area contributed by atoms with Crippen molar-refractivity contribution in [2.45, 2.75) is 42.5 Å². The van der Waals surface area contributed by atoms with Crippen LogP contribution in [0.4, 0.5) is 0 Å². The van der Waals surface area contributed by atoms with Crippen molar-refractivity contribution in [1.82, 2.24) is 9.62 Å². The van der Waals surface area contributed by atoms with E-state index in [4.69, 9.17) is 9.47 Å². The van der Waals surface area contributed by atoms with Crippen LogP contribution < -0.4 is 14.2 Å². The summed E-state index contributed by atoms with van der Waals surface area (Å²) in [4.78, 5) is 15.9. The van der Waals surface area contributed by atoms with Crippen LogP contribution in [-0.2, 0) is 10.0 Å². The number of carbonyl (C=O) groups is 1. The lowest BCUT2D eigenvalue weighted by Crippen LogP contribution is -2.38. The monoisotopic (exact) mass is 492 g/mol. The predicted molar refractivity (Wildman–Crippen MR) is 131 cm³/mol. The molecule has 1 atom stereocenters. The van der Waals surface area contributed by atoms with Crippen LogP contribution >= 0.6 is 11.8 Å². The summed E-state index contributed by atoms with van der Waals surface area (Å²) in [6.07, 6.45) is 3.80. The third kappa shape index (κ3) is 5.83.